The summed E-state index contributed by atoms with van der Waals surface area (Å²) in [4.78, 5) is 5.93. The van der Waals surface area contributed by atoms with Gasteiger partial charge >= 0.3 is 0 Å². The molecule has 3 nitrogen and oxygen atoms in total. The second-order valence-corrected chi connectivity index (χ2v) is 5.95. The smallest absolute Gasteiger partial charge is 0.165 e. The lowest BCUT2D eigenvalue weighted by atomic mass is 10.1. The number of nitrogens with zero attached hydrogens (tertiary/aromatic N) is 1. The van der Waals surface area contributed by atoms with Gasteiger partial charge in [0.15, 0.2) is 11.6 Å². The Morgan fingerprint density at radius 3 is 2.75 bits per heavy atom. The summed E-state index contributed by atoms with van der Waals surface area (Å²) < 4.78 is 18.5. The van der Waals surface area contributed by atoms with Crippen molar-refractivity contribution in [2.75, 3.05) is 14.2 Å². The summed E-state index contributed by atoms with van der Waals surface area (Å²) >= 11 is 1.64. The van der Waals surface area contributed by atoms with Gasteiger partial charge in [0, 0.05) is 17.0 Å². The first-order valence-electron chi connectivity index (χ1n) is 6.55. The summed E-state index contributed by atoms with van der Waals surface area (Å²) in [7, 11) is 3.39. The molecule has 0 spiro atoms. The highest BCUT2D eigenvalue weighted by Crippen LogP contribution is 2.33. The first-order chi connectivity index (χ1) is 9.56. The van der Waals surface area contributed by atoms with E-state index in [4.69, 9.17) is 9.72 Å². The van der Waals surface area contributed by atoms with Crippen molar-refractivity contribution < 1.29 is 9.13 Å². The van der Waals surface area contributed by atoms with Crippen LogP contribution in [-0.4, -0.2) is 19.1 Å². The van der Waals surface area contributed by atoms with Crippen LogP contribution in [-0.2, 0) is 6.54 Å². The molecule has 1 N–H and O–H groups in total. The van der Waals surface area contributed by atoms with Crippen LogP contribution in [0.5, 0.6) is 5.75 Å². The lowest BCUT2D eigenvalue weighted by Gasteiger charge is -2.04. The fourth-order valence-corrected chi connectivity index (χ4v) is 3.24. The Morgan fingerprint density at radius 1 is 1.40 bits per heavy atom. The molecule has 2 aromatic rings. The zero-order valence-corrected chi connectivity index (χ0v) is 13.0. The molecule has 2 rings (SSSR count). The Morgan fingerprint density at radius 2 is 2.15 bits per heavy atom. The number of halogens is 1. The van der Waals surface area contributed by atoms with Gasteiger partial charge in [-0.25, -0.2) is 9.37 Å². The third-order valence-corrected chi connectivity index (χ3v) is 4.13. The molecule has 20 heavy (non-hydrogen) atoms. The van der Waals surface area contributed by atoms with E-state index in [1.54, 1.807) is 23.5 Å². The van der Waals surface area contributed by atoms with E-state index in [0.717, 1.165) is 22.8 Å². The molecule has 0 atom stereocenters. The maximum Gasteiger partial charge on any atom is 0.165 e. The predicted octanol–water partition coefficient (Wildman–Crippen LogP) is 3.80. The molecule has 0 radical (unpaired) electrons. The van der Waals surface area contributed by atoms with Crippen molar-refractivity contribution in [2.24, 2.45) is 0 Å². The number of hydrogen-bond donors (Lipinski definition) is 1. The third kappa shape index (κ3) is 2.99. The van der Waals surface area contributed by atoms with Crippen molar-refractivity contribution in [3.8, 4) is 16.3 Å². The van der Waals surface area contributed by atoms with Crippen LogP contribution in [0.3, 0.4) is 0 Å². The number of benzene rings is 1. The van der Waals surface area contributed by atoms with Crippen molar-refractivity contribution in [3.05, 3.63) is 34.6 Å². The summed E-state index contributed by atoms with van der Waals surface area (Å²) in [5.41, 5.74) is 1.99. The molecule has 0 bridgehead atoms. The SMILES string of the molecule is CNCc1sc(-c2ccc(F)c(OC)c2)nc1C(C)C. The van der Waals surface area contributed by atoms with E-state index in [0.29, 0.717) is 5.92 Å². The minimum atomic E-state index is -0.354. The van der Waals surface area contributed by atoms with Gasteiger partial charge in [-0.2, -0.15) is 0 Å². The monoisotopic (exact) mass is 294 g/mol. The van der Waals surface area contributed by atoms with Crippen molar-refractivity contribution >= 4 is 11.3 Å². The number of rotatable bonds is 5. The van der Waals surface area contributed by atoms with Crippen LogP contribution in [0.2, 0.25) is 0 Å². The van der Waals surface area contributed by atoms with E-state index in [1.165, 1.54) is 18.1 Å². The second-order valence-electron chi connectivity index (χ2n) is 4.86. The number of methoxy groups -OCH3 is 1. The molecule has 0 saturated carbocycles. The predicted molar refractivity (Wildman–Crippen MR) is 80.9 cm³/mol. The van der Waals surface area contributed by atoms with Gasteiger partial charge in [-0.05, 0) is 31.2 Å². The molecule has 5 heteroatoms. The highest BCUT2D eigenvalue weighted by molar-refractivity contribution is 7.15. The minimum Gasteiger partial charge on any atom is -0.494 e. The van der Waals surface area contributed by atoms with Crippen LogP contribution in [0.4, 0.5) is 4.39 Å². The van der Waals surface area contributed by atoms with Gasteiger partial charge in [-0.15, -0.1) is 11.3 Å². The number of thiazole rings is 1. The van der Waals surface area contributed by atoms with Crippen LogP contribution in [0.15, 0.2) is 18.2 Å². The molecule has 1 aromatic carbocycles. The molecule has 0 aliphatic heterocycles. The molecule has 108 valence electrons. The molecular formula is C15H19FN2OS. The van der Waals surface area contributed by atoms with Crippen LogP contribution < -0.4 is 10.1 Å². The number of nitrogens with one attached hydrogen (secondary N) is 1. The van der Waals surface area contributed by atoms with E-state index in [2.05, 4.69) is 19.2 Å². The van der Waals surface area contributed by atoms with Gasteiger partial charge in [0.2, 0.25) is 0 Å². The zero-order valence-electron chi connectivity index (χ0n) is 12.2. The van der Waals surface area contributed by atoms with Crippen LogP contribution in [0.25, 0.3) is 10.6 Å². The zero-order chi connectivity index (χ0) is 14.7. The fourth-order valence-electron chi connectivity index (χ4n) is 2.02. The normalized spacial score (nSPS) is 11.1. The Balaban J connectivity index is 2.44. The Hall–Kier alpha value is -1.46. The molecule has 1 aromatic heterocycles. The average molecular weight is 294 g/mol. The molecule has 0 aliphatic carbocycles. The molecule has 0 saturated heterocycles. The standard InChI is InChI=1S/C15H19FN2OS/c1-9(2)14-13(8-17-3)20-15(18-14)10-5-6-11(16)12(7-10)19-4/h5-7,9,17H,8H2,1-4H3. The minimum absolute atomic E-state index is 0.249. The maximum atomic E-state index is 13.5. The number of hydrogen-bond acceptors (Lipinski definition) is 4. The van der Waals surface area contributed by atoms with Crippen molar-refractivity contribution in [1.82, 2.24) is 10.3 Å². The van der Waals surface area contributed by atoms with Gasteiger partial charge < -0.3 is 10.1 Å². The summed E-state index contributed by atoms with van der Waals surface area (Å²) in [6, 6.07) is 4.85. The lowest BCUT2D eigenvalue weighted by Crippen LogP contribution is -2.06. The van der Waals surface area contributed by atoms with Gasteiger partial charge in [0.25, 0.3) is 0 Å². The molecule has 1 heterocycles. The lowest BCUT2D eigenvalue weighted by molar-refractivity contribution is 0.387. The van der Waals surface area contributed by atoms with Gasteiger partial charge in [-0.3, -0.25) is 0 Å². The van der Waals surface area contributed by atoms with Crippen molar-refractivity contribution in [2.45, 2.75) is 26.3 Å². The highest BCUT2D eigenvalue weighted by atomic mass is 32.1. The summed E-state index contributed by atoms with van der Waals surface area (Å²) in [6.45, 7) is 5.05. The first kappa shape index (κ1) is 14.9. The maximum absolute atomic E-state index is 13.5. The summed E-state index contributed by atoms with van der Waals surface area (Å²) in [5.74, 6) is 0.261. The second kappa shape index (κ2) is 6.33. The molecule has 0 amide bonds. The van der Waals surface area contributed by atoms with E-state index >= 15 is 0 Å². The van der Waals surface area contributed by atoms with Crippen LogP contribution in [0.1, 0.15) is 30.3 Å². The van der Waals surface area contributed by atoms with Crippen molar-refractivity contribution in [3.63, 3.8) is 0 Å². The first-order valence-corrected chi connectivity index (χ1v) is 7.36. The third-order valence-electron chi connectivity index (χ3n) is 3.01. The largest absolute Gasteiger partial charge is 0.494 e. The number of ether oxygens (including phenoxy) is 1. The Bertz CT molecular complexity index is 596. The average Bonchev–Trinajstić information content (AvgIpc) is 2.84. The molecule has 0 fully saturated rings. The fraction of sp³-hybridized carbons (Fsp3) is 0.400. The van der Waals surface area contributed by atoms with E-state index < -0.39 is 0 Å². The van der Waals surface area contributed by atoms with Gasteiger partial charge in [0.1, 0.15) is 5.01 Å². The molecule has 0 unspecified atom stereocenters. The quantitative estimate of drug-likeness (QED) is 0.910. The topological polar surface area (TPSA) is 34.1 Å². The van der Waals surface area contributed by atoms with Crippen LogP contribution >= 0.6 is 11.3 Å². The molecule has 0 aliphatic rings. The van der Waals surface area contributed by atoms with E-state index in [9.17, 15) is 4.39 Å². The Kier molecular flexibility index (Phi) is 4.73. The van der Waals surface area contributed by atoms with Crippen LogP contribution in [0, 0.1) is 5.82 Å². The highest BCUT2D eigenvalue weighted by Gasteiger charge is 2.15. The summed E-state index contributed by atoms with van der Waals surface area (Å²) in [5, 5.41) is 4.06. The molecular weight excluding hydrogens is 275 g/mol. The Labute approximate surface area is 122 Å². The summed E-state index contributed by atoms with van der Waals surface area (Å²) in [6.07, 6.45) is 0. The van der Waals surface area contributed by atoms with Gasteiger partial charge in [-0.1, -0.05) is 13.8 Å². The van der Waals surface area contributed by atoms with E-state index in [-0.39, 0.29) is 11.6 Å². The number of aromatic nitrogens is 1. The van der Waals surface area contributed by atoms with Crippen molar-refractivity contribution in [1.29, 1.82) is 0 Å². The van der Waals surface area contributed by atoms with E-state index in [1.807, 2.05) is 7.05 Å². The van der Waals surface area contributed by atoms with Gasteiger partial charge in [0.05, 0.1) is 12.8 Å².